The van der Waals surface area contributed by atoms with Crippen LogP contribution in [0.3, 0.4) is 0 Å². The number of ketones is 1. The van der Waals surface area contributed by atoms with Gasteiger partial charge in [0.1, 0.15) is 5.82 Å². The molecule has 0 aliphatic carbocycles. The highest BCUT2D eigenvalue weighted by Crippen LogP contribution is 2.32. The van der Waals surface area contributed by atoms with Crippen molar-refractivity contribution in [2.75, 3.05) is 10.2 Å². The van der Waals surface area contributed by atoms with E-state index in [1.807, 2.05) is 17.0 Å². The molecule has 3 nitrogen and oxygen atoms in total. The summed E-state index contributed by atoms with van der Waals surface area (Å²) >= 11 is 5.58. The number of halogens is 1. The van der Waals surface area contributed by atoms with Crippen molar-refractivity contribution in [3.8, 4) is 0 Å². The first-order valence-electron chi connectivity index (χ1n) is 7.95. The number of nitrogens with one attached hydrogen (secondary N) is 1. The first-order valence-corrected chi connectivity index (χ1v) is 8.36. The average molecular weight is 342 g/mol. The van der Waals surface area contributed by atoms with E-state index in [0.717, 1.165) is 29.8 Å². The predicted molar refractivity (Wildman–Crippen MR) is 99.3 cm³/mol. The molecule has 0 bridgehead atoms. The van der Waals surface area contributed by atoms with E-state index in [0.29, 0.717) is 10.7 Å². The Bertz CT molecular complexity index is 788. The van der Waals surface area contributed by atoms with Crippen molar-refractivity contribution < 1.29 is 9.18 Å². The van der Waals surface area contributed by atoms with Crippen LogP contribution in [0.25, 0.3) is 0 Å². The Labute approximate surface area is 146 Å². The summed E-state index contributed by atoms with van der Waals surface area (Å²) in [6, 6.07) is 12.3. The van der Waals surface area contributed by atoms with Gasteiger partial charge < -0.3 is 10.2 Å². The summed E-state index contributed by atoms with van der Waals surface area (Å²) in [5, 5.41) is 3.79. The lowest BCUT2D eigenvalue weighted by molar-refractivity contribution is 0.101. The van der Waals surface area contributed by atoms with E-state index in [9.17, 15) is 9.18 Å². The number of carbonyl (C=O) groups is 1. The summed E-state index contributed by atoms with van der Waals surface area (Å²) < 4.78 is 13.5. The highest BCUT2D eigenvalue weighted by Gasteiger charge is 2.26. The molecular formula is C19H19FN2OS. The minimum Gasteiger partial charge on any atom is -0.332 e. The fourth-order valence-electron chi connectivity index (χ4n) is 3.00. The Morgan fingerprint density at radius 2 is 1.96 bits per heavy atom. The second kappa shape index (κ2) is 6.69. The number of Topliss-reactive ketones (excluding diaryl/α,β-unsaturated/α-hetero) is 1. The third kappa shape index (κ3) is 3.31. The number of aryl methyl sites for hydroxylation is 1. The number of fused-ring (bicyclic) bond motifs is 1. The van der Waals surface area contributed by atoms with Crippen molar-refractivity contribution in [3.63, 3.8) is 0 Å². The van der Waals surface area contributed by atoms with Crippen LogP contribution in [0.5, 0.6) is 0 Å². The molecule has 1 aliphatic heterocycles. The van der Waals surface area contributed by atoms with Crippen molar-refractivity contribution >= 4 is 34.5 Å². The molecule has 0 amide bonds. The van der Waals surface area contributed by atoms with E-state index in [1.54, 1.807) is 31.2 Å². The van der Waals surface area contributed by atoms with E-state index >= 15 is 0 Å². The van der Waals surface area contributed by atoms with Gasteiger partial charge in [-0.25, -0.2) is 4.39 Å². The van der Waals surface area contributed by atoms with Crippen LogP contribution in [-0.4, -0.2) is 16.9 Å². The lowest BCUT2D eigenvalue weighted by Crippen LogP contribution is -2.44. The molecule has 5 heteroatoms. The smallest absolute Gasteiger partial charge is 0.178 e. The fraction of sp³-hybridized carbons (Fsp3) is 0.263. The molecule has 3 rings (SSSR count). The number of anilines is 2. The normalized spacial score (nSPS) is 16.5. The van der Waals surface area contributed by atoms with Gasteiger partial charge >= 0.3 is 0 Å². The molecule has 1 atom stereocenters. The van der Waals surface area contributed by atoms with Gasteiger partial charge in [0.15, 0.2) is 10.9 Å². The number of rotatable bonds is 2. The second-order valence-corrected chi connectivity index (χ2v) is 6.48. The van der Waals surface area contributed by atoms with E-state index in [2.05, 4.69) is 12.2 Å². The van der Waals surface area contributed by atoms with Crippen molar-refractivity contribution in [2.24, 2.45) is 0 Å². The third-order valence-corrected chi connectivity index (χ3v) is 4.63. The molecule has 24 heavy (non-hydrogen) atoms. The van der Waals surface area contributed by atoms with Crippen molar-refractivity contribution in [1.82, 2.24) is 0 Å². The van der Waals surface area contributed by atoms with E-state index in [1.165, 1.54) is 6.07 Å². The molecule has 1 heterocycles. The number of carbonyl (C=O) groups excluding carboxylic acids is 1. The Morgan fingerprint density at radius 1 is 1.25 bits per heavy atom. The number of benzene rings is 2. The molecular weight excluding hydrogens is 323 g/mol. The Kier molecular flexibility index (Phi) is 4.62. The largest absolute Gasteiger partial charge is 0.332 e. The van der Waals surface area contributed by atoms with Crippen LogP contribution in [0.4, 0.5) is 15.8 Å². The first kappa shape index (κ1) is 16.6. The molecule has 1 N–H and O–H groups in total. The van der Waals surface area contributed by atoms with Gasteiger partial charge in [-0.05, 0) is 86.9 Å². The maximum Gasteiger partial charge on any atom is 0.178 e. The summed E-state index contributed by atoms with van der Waals surface area (Å²) in [5.74, 6) is -0.188. The molecule has 2 aromatic carbocycles. The number of thiocarbonyl (C=S) groups is 1. The third-order valence-electron chi connectivity index (χ3n) is 4.33. The Balaban J connectivity index is 1.83. The maximum atomic E-state index is 13.5. The molecule has 0 fully saturated rings. The molecule has 1 aliphatic rings. The fourth-order valence-corrected chi connectivity index (χ4v) is 3.40. The van der Waals surface area contributed by atoms with Gasteiger partial charge in [0.05, 0.1) is 0 Å². The molecule has 1 unspecified atom stereocenters. The van der Waals surface area contributed by atoms with Gasteiger partial charge in [-0.1, -0.05) is 0 Å². The van der Waals surface area contributed by atoms with Crippen LogP contribution in [0.15, 0.2) is 42.5 Å². The molecule has 0 radical (unpaired) electrons. The number of hydrogen-bond acceptors (Lipinski definition) is 2. The van der Waals surface area contributed by atoms with Gasteiger partial charge in [0.25, 0.3) is 0 Å². The highest BCUT2D eigenvalue weighted by molar-refractivity contribution is 7.80. The lowest BCUT2D eigenvalue weighted by Gasteiger charge is -2.37. The first-order chi connectivity index (χ1) is 11.5. The number of hydrogen-bond donors (Lipinski definition) is 1. The topological polar surface area (TPSA) is 32.3 Å². The standard InChI is InChI=1S/C19H19FN2OS/c1-12-3-4-15-11-16(20)7-10-18(15)22(12)19(24)21-17-8-5-14(6-9-17)13(2)23/h5-12H,3-4H2,1-2H3,(H,21,24). The Hall–Kier alpha value is -2.27. The van der Waals surface area contributed by atoms with Crippen LogP contribution in [0.2, 0.25) is 0 Å². The second-order valence-electron chi connectivity index (χ2n) is 6.09. The van der Waals surface area contributed by atoms with Crippen molar-refractivity contribution in [2.45, 2.75) is 32.7 Å². The molecule has 124 valence electrons. The van der Waals surface area contributed by atoms with Gasteiger partial charge in [-0.15, -0.1) is 0 Å². The van der Waals surface area contributed by atoms with E-state index in [4.69, 9.17) is 12.2 Å². The number of nitrogens with zero attached hydrogens (tertiary/aromatic N) is 1. The maximum absolute atomic E-state index is 13.5. The zero-order valence-electron chi connectivity index (χ0n) is 13.7. The minimum absolute atomic E-state index is 0.0322. The Morgan fingerprint density at radius 3 is 2.62 bits per heavy atom. The van der Waals surface area contributed by atoms with Crippen LogP contribution < -0.4 is 10.2 Å². The zero-order chi connectivity index (χ0) is 17.3. The monoisotopic (exact) mass is 342 g/mol. The molecule has 0 saturated carbocycles. The van der Waals surface area contributed by atoms with Gasteiger partial charge in [-0.2, -0.15) is 0 Å². The lowest BCUT2D eigenvalue weighted by atomic mass is 9.97. The van der Waals surface area contributed by atoms with E-state index < -0.39 is 0 Å². The van der Waals surface area contributed by atoms with Crippen molar-refractivity contribution in [1.29, 1.82) is 0 Å². The summed E-state index contributed by atoms with van der Waals surface area (Å²) in [5.41, 5.74) is 3.42. The van der Waals surface area contributed by atoms with Gasteiger partial charge in [0, 0.05) is 23.0 Å². The molecule has 0 spiro atoms. The van der Waals surface area contributed by atoms with Crippen LogP contribution in [-0.2, 0) is 6.42 Å². The SMILES string of the molecule is CC(=O)c1ccc(NC(=S)N2c3ccc(F)cc3CCC2C)cc1. The molecule has 0 saturated heterocycles. The van der Waals surface area contributed by atoms with Crippen molar-refractivity contribution in [3.05, 3.63) is 59.4 Å². The summed E-state index contributed by atoms with van der Waals surface area (Å²) in [7, 11) is 0. The average Bonchev–Trinajstić information content (AvgIpc) is 2.55. The van der Waals surface area contributed by atoms with Crippen LogP contribution >= 0.6 is 12.2 Å². The predicted octanol–water partition coefficient (Wildman–Crippen LogP) is 4.57. The van der Waals surface area contributed by atoms with Gasteiger partial charge in [0.2, 0.25) is 0 Å². The zero-order valence-corrected chi connectivity index (χ0v) is 14.5. The minimum atomic E-state index is -0.220. The van der Waals surface area contributed by atoms with Gasteiger partial charge in [-0.3, -0.25) is 4.79 Å². The van der Waals surface area contributed by atoms with Crippen LogP contribution in [0.1, 0.15) is 36.2 Å². The van der Waals surface area contributed by atoms with Crippen LogP contribution in [0, 0.1) is 5.82 Å². The quantitative estimate of drug-likeness (QED) is 0.640. The molecule has 0 aromatic heterocycles. The molecule has 2 aromatic rings. The summed E-state index contributed by atoms with van der Waals surface area (Å²) in [4.78, 5) is 13.4. The van der Waals surface area contributed by atoms with E-state index in [-0.39, 0.29) is 17.6 Å². The summed E-state index contributed by atoms with van der Waals surface area (Å²) in [6.45, 7) is 3.65. The highest BCUT2D eigenvalue weighted by atomic mass is 32.1. The summed E-state index contributed by atoms with van der Waals surface area (Å²) in [6.07, 6.45) is 1.77.